The monoisotopic (exact) mass is 203 g/mol. The van der Waals surface area contributed by atoms with Crippen LogP contribution in [-0.4, -0.2) is 17.8 Å². The summed E-state index contributed by atoms with van der Waals surface area (Å²) in [5, 5.41) is 12.7. The number of nitrogens with one attached hydrogen (secondary N) is 1. The summed E-state index contributed by atoms with van der Waals surface area (Å²) in [5.74, 6) is 0.490. The van der Waals surface area contributed by atoms with Gasteiger partial charge in [0, 0.05) is 13.1 Å². The molecule has 1 aromatic rings. The highest BCUT2D eigenvalue weighted by atomic mass is 16.3. The van der Waals surface area contributed by atoms with E-state index in [1.54, 1.807) is 0 Å². The third-order valence-corrected chi connectivity index (χ3v) is 2.73. The number of aliphatic hydroxyl groups is 1. The molecule has 0 aliphatic heterocycles. The van der Waals surface area contributed by atoms with E-state index in [2.05, 4.69) is 35.7 Å². The number of hydrogen-bond acceptors (Lipinski definition) is 2. The van der Waals surface area contributed by atoms with Crippen molar-refractivity contribution in [3.05, 3.63) is 48.0 Å². The molecule has 0 spiro atoms. The van der Waals surface area contributed by atoms with Crippen LogP contribution in [-0.2, 0) is 6.54 Å². The van der Waals surface area contributed by atoms with Crippen LogP contribution < -0.4 is 5.32 Å². The van der Waals surface area contributed by atoms with Crippen molar-refractivity contribution in [1.29, 1.82) is 0 Å². The molecule has 2 nitrogen and oxygen atoms in total. The fraction of sp³-hybridized carbons (Fsp3) is 0.385. The minimum absolute atomic E-state index is 0.228. The van der Waals surface area contributed by atoms with Gasteiger partial charge in [0.2, 0.25) is 0 Å². The smallest absolute Gasteiger partial charge is 0.0727 e. The average Bonchev–Trinajstić information content (AvgIpc) is 2.66. The third-order valence-electron chi connectivity index (χ3n) is 2.73. The predicted octanol–water partition coefficient (Wildman–Crippen LogP) is 1.71. The van der Waals surface area contributed by atoms with Crippen molar-refractivity contribution >= 4 is 0 Å². The van der Waals surface area contributed by atoms with Gasteiger partial charge in [-0.1, -0.05) is 42.5 Å². The molecule has 2 heteroatoms. The molecule has 2 N–H and O–H groups in total. The molecule has 0 radical (unpaired) electrons. The highest BCUT2D eigenvalue weighted by Crippen LogP contribution is 2.16. The summed E-state index contributed by atoms with van der Waals surface area (Å²) in [7, 11) is 0. The van der Waals surface area contributed by atoms with Crippen LogP contribution in [0.1, 0.15) is 12.0 Å². The van der Waals surface area contributed by atoms with Crippen molar-refractivity contribution in [2.45, 2.75) is 19.1 Å². The number of benzene rings is 1. The Kier molecular flexibility index (Phi) is 3.54. The van der Waals surface area contributed by atoms with Gasteiger partial charge < -0.3 is 10.4 Å². The van der Waals surface area contributed by atoms with E-state index in [1.807, 2.05) is 12.1 Å². The number of aliphatic hydroxyl groups excluding tert-OH is 1. The zero-order valence-electron chi connectivity index (χ0n) is 8.76. The summed E-state index contributed by atoms with van der Waals surface area (Å²) in [4.78, 5) is 0. The molecule has 15 heavy (non-hydrogen) atoms. The summed E-state index contributed by atoms with van der Waals surface area (Å²) >= 11 is 0. The molecule has 2 atom stereocenters. The van der Waals surface area contributed by atoms with E-state index in [4.69, 9.17) is 0 Å². The van der Waals surface area contributed by atoms with Gasteiger partial charge in [0.1, 0.15) is 0 Å². The van der Waals surface area contributed by atoms with Crippen LogP contribution in [0.5, 0.6) is 0 Å². The average molecular weight is 203 g/mol. The summed E-state index contributed by atoms with van der Waals surface area (Å²) in [6.07, 6.45) is 4.62. The number of rotatable bonds is 4. The van der Waals surface area contributed by atoms with Crippen LogP contribution >= 0.6 is 0 Å². The lowest BCUT2D eigenvalue weighted by atomic mass is 10.1. The van der Waals surface area contributed by atoms with Crippen molar-refractivity contribution in [3.8, 4) is 0 Å². The first-order chi connectivity index (χ1) is 7.34. The maximum Gasteiger partial charge on any atom is 0.0727 e. The Balaban J connectivity index is 1.70. The second kappa shape index (κ2) is 5.10. The van der Waals surface area contributed by atoms with Crippen molar-refractivity contribution in [3.63, 3.8) is 0 Å². The normalized spacial score (nSPS) is 24.6. The number of hydrogen-bond donors (Lipinski definition) is 2. The van der Waals surface area contributed by atoms with Gasteiger partial charge in [0.15, 0.2) is 0 Å². The lowest BCUT2D eigenvalue weighted by Crippen LogP contribution is -2.21. The molecule has 1 aromatic carbocycles. The van der Waals surface area contributed by atoms with Crippen LogP contribution in [0.4, 0.5) is 0 Å². The maximum absolute atomic E-state index is 9.30. The van der Waals surface area contributed by atoms with Gasteiger partial charge in [-0.15, -0.1) is 0 Å². The minimum atomic E-state index is -0.228. The molecule has 0 saturated carbocycles. The quantitative estimate of drug-likeness (QED) is 0.730. The minimum Gasteiger partial charge on any atom is -0.389 e. The van der Waals surface area contributed by atoms with E-state index < -0.39 is 0 Å². The van der Waals surface area contributed by atoms with E-state index in [9.17, 15) is 5.11 Å². The van der Waals surface area contributed by atoms with Crippen molar-refractivity contribution in [1.82, 2.24) is 5.32 Å². The van der Waals surface area contributed by atoms with Crippen LogP contribution in [0.15, 0.2) is 42.5 Å². The largest absolute Gasteiger partial charge is 0.389 e. The fourth-order valence-corrected chi connectivity index (χ4v) is 1.90. The predicted molar refractivity (Wildman–Crippen MR) is 61.4 cm³/mol. The molecule has 0 unspecified atom stereocenters. The zero-order valence-corrected chi connectivity index (χ0v) is 8.76. The zero-order chi connectivity index (χ0) is 10.5. The Hall–Kier alpha value is -1.12. The topological polar surface area (TPSA) is 32.3 Å². The van der Waals surface area contributed by atoms with E-state index in [1.165, 1.54) is 5.56 Å². The van der Waals surface area contributed by atoms with E-state index in [0.717, 1.165) is 19.5 Å². The van der Waals surface area contributed by atoms with Gasteiger partial charge in [-0.3, -0.25) is 0 Å². The van der Waals surface area contributed by atoms with Gasteiger partial charge in [0.05, 0.1) is 6.10 Å². The highest BCUT2D eigenvalue weighted by Gasteiger charge is 2.15. The molecular formula is C13H17NO. The molecule has 0 bridgehead atoms. The van der Waals surface area contributed by atoms with Crippen LogP contribution in [0.2, 0.25) is 0 Å². The third kappa shape index (κ3) is 3.18. The lowest BCUT2D eigenvalue weighted by Gasteiger charge is -2.10. The standard InChI is InChI=1S/C13H17NO/c15-13-7-6-12(8-13)10-14-9-11-4-2-1-3-5-11/h1-7,12-15H,8-10H2/t12-,13+/m0/s1. The van der Waals surface area contributed by atoms with E-state index in [-0.39, 0.29) is 6.10 Å². The Labute approximate surface area is 90.6 Å². The first kappa shape index (κ1) is 10.4. The summed E-state index contributed by atoms with van der Waals surface area (Å²) in [6, 6.07) is 10.4. The first-order valence-electron chi connectivity index (χ1n) is 5.45. The molecular weight excluding hydrogens is 186 g/mol. The van der Waals surface area contributed by atoms with Crippen molar-refractivity contribution < 1.29 is 5.11 Å². The van der Waals surface area contributed by atoms with Gasteiger partial charge in [-0.2, -0.15) is 0 Å². The van der Waals surface area contributed by atoms with Crippen LogP contribution in [0, 0.1) is 5.92 Å². The van der Waals surface area contributed by atoms with Crippen LogP contribution in [0.25, 0.3) is 0 Å². The van der Waals surface area contributed by atoms with Gasteiger partial charge in [-0.25, -0.2) is 0 Å². The summed E-state index contributed by atoms with van der Waals surface area (Å²) in [5.41, 5.74) is 1.31. The Morgan fingerprint density at radius 1 is 1.20 bits per heavy atom. The molecule has 1 aliphatic carbocycles. The highest BCUT2D eigenvalue weighted by molar-refractivity contribution is 5.14. The van der Waals surface area contributed by atoms with Gasteiger partial charge in [-0.05, 0) is 17.9 Å². The van der Waals surface area contributed by atoms with E-state index in [0.29, 0.717) is 5.92 Å². The first-order valence-corrected chi connectivity index (χ1v) is 5.45. The summed E-state index contributed by atoms with van der Waals surface area (Å²) in [6.45, 7) is 1.85. The fourth-order valence-electron chi connectivity index (χ4n) is 1.90. The van der Waals surface area contributed by atoms with Crippen molar-refractivity contribution in [2.24, 2.45) is 5.92 Å². The molecule has 0 saturated heterocycles. The molecule has 2 rings (SSSR count). The molecule has 0 heterocycles. The Morgan fingerprint density at radius 3 is 2.67 bits per heavy atom. The van der Waals surface area contributed by atoms with Crippen LogP contribution in [0.3, 0.4) is 0 Å². The molecule has 80 valence electrons. The van der Waals surface area contributed by atoms with Gasteiger partial charge in [0.25, 0.3) is 0 Å². The lowest BCUT2D eigenvalue weighted by molar-refractivity contribution is 0.209. The van der Waals surface area contributed by atoms with Gasteiger partial charge >= 0.3 is 0 Å². The summed E-state index contributed by atoms with van der Waals surface area (Å²) < 4.78 is 0. The molecule has 0 aromatic heterocycles. The maximum atomic E-state index is 9.30. The molecule has 0 amide bonds. The molecule has 1 aliphatic rings. The van der Waals surface area contributed by atoms with E-state index >= 15 is 0 Å². The van der Waals surface area contributed by atoms with Crippen molar-refractivity contribution in [2.75, 3.05) is 6.54 Å². The second-order valence-electron chi connectivity index (χ2n) is 4.06. The SMILES string of the molecule is O[C@@H]1C=C[C@H](CNCc2ccccc2)C1. The molecule has 0 fully saturated rings. The Bertz CT molecular complexity index is 321. The second-order valence-corrected chi connectivity index (χ2v) is 4.06. The Morgan fingerprint density at radius 2 is 2.00 bits per heavy atom.